The van der Waals surface area contributed by atoms with Crippen molar-refractivity contribution >= 4 is 61.4 Å². The first-order valence-electron chi connectivity index (χ1n) is 8.66. The highest BCUT2D eigenvalue weighted by Gasteiger charge is 2.29. The van der Waals surface area contributed by atoms with Crippen LogP contribution in [0, 0.1) is 0 Å². The van der Waals surface area contributed by atoms with Gasteiger partial charge in [-0.15, -0.1) is 0 Å². The number of pyridine rings is 1. The topological polar surface area (TPSA) is 54.8 Å². The number of piperazine rings is 1. The summed E-state index contributed by atoms with van der Waals surface area (Å²) in [6.07, 6.45) is 1.87. The quantitative estimate of drug-likeness (QED) is 0.594. The van der Waals surface area contributed by atoms with Gasteiger partial charge < -0.3 is 4.90 Å². The molecule has 4 rings (SSSR count). The van der Waals surface area contributed by atoms with Gasteiger partial charge in [-0.05, 0) is 30.3 Å². The number of halogens is 3. The Labute approximate surface area is 178 Å². The molecule has 0 amide bonds. The smallest absolute Gasteiger partial charge is 0.243 e. The molecule has 1 fully saturated rings. The minimum absolute atomic E-state index is 0.157. The minimum Gasteiger partial charge on any atom is -0.368 e. The third-order valence-electron chi connectivity index (χ3n) is 4.85. The maximum absolute atomic E-state index is 12.9. The van der Waals surface area contributed by atoms with Crippen molar-refractivity contribution in [3.05, 3.63) is 63.7 Å². The van der Waals surface area contributed by atoms with E-state index in [1.54, 1.807) is 0 Å². The number of nitrogens with zero attached hydrogens (tertiary/aromatic N) is 2. The van der Waals surface area contributed by atoms with E-state index < -0.39 is 10.0 Å². The van der Waals surface area contributed by atoms with Gasteiger partial charge in [0.05, 0.1) is 26.0 Å². The second kappa shape index (κ2) is 7.69. The van der Waals surface area contributed by atoms with Crippen LogP contribution in [0.5, 0.6) is 0 Å². The van der Waals surface area contributed by atoms with Crippen molar-refractivity contribution in [1.29, 1.82) is 0 Å². The summed E-state index contributed by atoms with van der Waals surface area (Å²) in [6.45, 7) is 1.94. The first-order chi connectivity index (χ1) is 13.4. The van der Waals surface area contributed by atoms with Gasteiger partial charge in [-0.25, -0.2) is 13.4 Å². The van der Waals surface area contributed by atoms with Gasteiger partial charge >= 0.3 is 0 Å². The highest BCUT2D eigenvalue weighted by atomic mass is 35.5. The molecule has 0 bridgehead atoms. The van der Waals surface area contributed by atoms with E-state index in [1.807, 2.05) is 30.5 Å². The van der Waals surface area contributed by atoms with Crippen molar-refractivity contribution in [3.63, 3.8) is 0 Å². The average molecular weight is 458 g/mol. The zero-order valence-electron chi connectivity index (χ0n) is 14.7. The lowest BCUT2D eigenvalue weighted by atomic mass is 10.1. The van der Waals surface area contributed by atoms with Crippen LogP contribution in [-0.2, 0) is 10.0 Å². The van der Waals surface area contributed by atoms with Gasteiger partial charge in [-0.2, -0.15) is 4.31 Å². The molecule has 0 atom stereocenters. The van der Waals surface area contributed by atoms with Gasteiger partial charge in [0, 0.05) is 43.3 Å². The number of hydrogen-bond acceptors (Lipinski definition) is 3. The van der Waals surface area contributed by atoms with Crippen molar-refractivity contribution < 1.29 is 13.4 Å². The number of hydrogen-bond donors (Lipinski definition) is 0. The van der Waals surface area contributed by atoms with E-state index in [9.17, 15) is 8.42 Å². The van der Waals surface area contributed by atoms with Gasteiger partial charge in [0.1, 0.15) is 0 Å². The lowest BCUT2D eigenvalue weighted by molar-refractivity contribution is -0.344. The van der Waals surface area contributed by atoms with Crippen molar-refractivity contribution in [1.82, 2.24) is 4.31 Å². The summed E-state index contributed by atoms with van der Waals surface area (Å²) in [5.74, 6) is 0. The van der Waals surface area contributed by atoms with E-state index in [0.717, 1.165) is 16.6 Å². The summed E-state index contributed by atoms with van der Waals surface area (Å²) < 4.78 is 27.3. The fraction of sp³-hybridized carbons (Fsp3) is 0.211. The monoisotopic (exact) mass is 456 g/mol. The molecule has 1 N–H and O–H groups in total. The average Bonchev–Trinajstić information content (AvgIpc) is 2.69. The Bertz CT molecular complexity index is 1150. The molecule has 28 heavy (non-hydrogen) atoms. The Morgan fingerprint density at radius 3 is 2.32 bits per heavy atom. The van der Waals surface area contributed by atoms with Gasteiger partial charge in [-0.1, -0.05) is 34.8 Å². The Balaban J connectivity index is 1.56. The Hall–Kier alpha value is -1.57. The van der Waals surface area contributed by atoms with Crippen molar-refractivity contribution in [2.24, 2.45) is 0 Å². The molecule has 5 nitrogen and oxygen atoms in total. The molecule has 9 heteroatoms. The lowest BCUT2D eigenvalue weighted by Gasteiger charge is -2.35. The maximum Gasteiger partial charge on any atom is 0.243 e. The summed E-state index contributed by atoms with van der Waals surface area (Å²) >= 11 is 18.0. The first-order valence-corrected chi connectivity index (χ1v) is 11.2. The fourth-order valence-corrected chi connectivity index (χ4v) is 5.37. The summed E-state index contributed by atoms with van der Waals surface area (Å²) in [6, 6.07) is 12.1. The molecule has 146 valence electrons. The Morgan fingerprint density at radius 2 is 1.61 bits per heavy atom. The zero-order chi connectivity index (χ0) is 19.9. The molecule has 0 radical (unpaired) electrons. The van der Waals surface area contributed by atoms with Crippen LogP contribution in [0.4, 0.5) is 5.69 Å². The number of rotatable bonds is 3. The third-order valence-corrected chi connectivity index (χ3v) is 7.71. The number of fused-ring (bicyclic) bond motifs is 1. The number of H-pyrrole nitrogens is 1. The van der Waals surface area contributed by atoms with E-state index in [1.165, 1.54) is 22.5 Å². The van der Waals surface area contributed by atoms with Crippen LogP contribution >= 0.6 is 34.8 Å². The van der Waals surface area contributed by atoms with E-state index in [0.29, 0.717) is 36.2 Å². The molecule has 0 unspecified atom stereocenters. The van der Waals surface area contributed by atoms with Crippen LogP contribution in [0.2, 0.25) is 15.1 Å². The molecule has 0 aliphatic carbocycles. The van der Waals surface area contributed by atoms with Crippen molar-refractivity contribution in [2.45, 2.75) is 4.90 Å². The third kappa shape index (κ3) is 3.67. The summed E-state index contributed by atoms with van der Waals surface area (Å²) in [7, 11) is -3.62. The fourth-order valence-electron chi connectivity index (χ4n) is 3.39. The van der Waals surface area contributed by atoms with E-state index in [4.69, 9.17) is 34.8 Å². The number of aromatic amines is 1. The summed E-state index contributed by atoms with van der Waals surface area (Å²) in [4.78, 5) is 5.54. The highest BCUT2D eigenvalue weighted by molar-refractivity contribution is 7.89. The molecule has 1 aliphatic rings. The normalized spacial score (nSPS) is 15.9. The number of benzene rings is 2. The second-order valence-electron chi connectivity index (χ2n) is 6.52. The molecule has 0 saturated carbocycles. The lowest BCUT2D eigenvalue weighted by Crippen LogP contribution is -2.48. The van der Waals surface area contributed by atoms with Gasteiger partial charge in [0.15, 0.2) is 6.20 Å². The standard InChI is InChI=1S/C19H16Cl3N3O2S/c20-13-1-3-15-18(11-13)23-6-5-19(15)24-7-9-25(10-8-24)28(26,27)14-2-4-16(21)17(22)12-14/h1-6,11-12H,7-10H2/p+1. The maximum atomic E-state index is 12.9. The van der Waals surface area contributed by atoms with Crippen LogP contribution in [0.1, 0.15) is 0 Å². The van der Waals surface area contributed by atoms with Crippen LogP contribution in [-0.4, -0.2) is 38.9 Å². The molecule has 2 heterocycles. The van der Waals surface area contributed by atoms with Gasteiger partial charge in [0.25, 0.3) is 0 Å². The summed E-state index contributed by atoms with van der Waals surface area (Å²) in [5.41, 5.74) is 1.99. The molecule has 1 aliphatic heterocycles. The van der Waals surface area contributed by atoms with Gasteiger partial charge in [-0.3, -0.25) is 0 Å². The van der Waals surface area contributed by atoms with Crippen LogP contribution in [0.25, 0.3) is 10.9 Å². The number of aromatic nitrogens is 1. The van der Waals surface area contributed by atoms with E-state index >= 15 is 0 Å². The molecular weight excluding hydrogens is 441 g/mol. The van der Waals surface area contributed by atoms with Crippen molar-refractivity contribution in [2.75, 3.05) is 31.1 Å². The predicted molar refractivity (Wildman–Crippen MR) is 113 cm³/mol. The molecule has 3 aromatic rings. The van der Waals surface area contributed by atoms with E-state index in [-0.39, 0.29) is 9.92 Å². The molecule has 1 aromatic heterocycles. The molecule has 1 saturated heterocycles. The molecule has 2 aromatic carbocycles. The van der Waals surface area contributed by atoms with E-state index in [2.05, 4.69) is 9.88 Å². The molecular formula is C19H17Cl3N3O2S+. The summed E-state index contributed by atoms with van der Waals surface area (Å²) in [5, 5.41) is 2.27. The minimum atomic E-state index is -3.62. The SMILES string of the molecule is O=S(=O)(c1ccc(Cl)c(Cl)c1)N1CCN(c2cc[nH+]c3cc(Cl)ccc23)CC1. The number of anilines is 1. The van der Waals surface area contributed by atoms with Crippen LogP contribution in [0.3, 0.4) is 0 Å². The van der Waals surface area contributed by atoms with Crippen molar-refractivity contribution in [3.8, 4) is 0 Å². The predicted octanol–water partition coefficient (Wildman–Crippen LogP) is 4.13. The second-order valence-corrected chi connectivity index (χ2v) is 9.71. The van der Waals surface area contributed by atoms with Crippen LogP contribution < -0.4 is 9.88 Å². The van der Waals surface area contributed by atoms with Crippen LogP contribution in [0.15, 0.2) is 53.6 Å². The van der Waals surface area contributed by atoms with Gasteiger partial charge in [0.2, 0.25) is 15.5 Å². The zero-order valence-corrected chi connectivity index (χ0v) is 17.8. The number of sulfonamides is 1. The first kappa shape index (κ1) is 19.7. The Kier molecular flexibility index (Phi) is 5.42. The molecule has 0 spiro atoms. The Morgan fingerprint density at radius 1 is 0.857 bits per heavy atom. The number of nitrogens with one attached hydrogen (secondary N) is 1. The largest absolute Gasteiger partial charge is 0.368 e. The highest BCUT2D eigenvalue weighted by Crippen LogP contribution is 2.29.